The quantitative estimate of drug-likeness (QED) is 0.792. The molecule has 2 aromatic heterocycles. The van der Waals surface area contributed by atoms with Gasteiger partial charge < -0.3 is 4.98 Å². The van der Waals surface area contributed by atoms with E-state index in [2.05, 4.69) is 15.0 Å². The average molecular weight is 219 g/mol. The summed E-state index contributed by atoms with van der Waals surface area (Å²) < 4.78 is 13.1. The van der Waals surface area contributed by atoms with Crippen LogP contribution in [0.1, 0.15) is 11.3 Å². The SMILES string of the molecule is Cc1ccc(-c2nc(C)c(F)c(=O)[nH]2)nc1. The minimum Gasteiger partial charge on any atom is -0.303 e. The summed E-state index contributed by atoms with van der Waals surface area (Å²) in [7, 11) is 0. The molecule has 0 atom stereocenters. The van der Waals surface area contributed by atoms with Gasteiger partial charge in [-0.15, -0.1) is 0 Å². The Kier molecular flexibility index (Phi) is 2.52. The lowest BCUT2D eigenvalue weighted by atomic mass is 10.2. The van der Waals surface area contributed by atoms with Crippen molar-refractivity contribution in [2.75, 3.05) is 0 Å². The van der Waals surface area contributed by atoms with Gasteiger partial charge in [-0.1, -0.05) is 6.07 Å². The second kappa shape index (κ2) is 3.84. The number of aromatic nitrogens is 3. The van der Waals surface area contributed by atoms with Gasteiger partial charge in [0, 0.05) is 6.20 Å². The fourth-order valence-corrected chi connectivity index (χ4v) is 1.30. The third-order valence-corrected chi connectivity index (χ3v) is 2.18. The average Bonchev–Trinajstić information content (AvgIpc) is 2.26. The Balaban J connectivity index is 2.57. The van der Waals surface area contributed by atoms with Gasteiger partial charge in [-0.25, -0.2) is 4.98 Å². The maximum absolute atomic E-state index is 13.1. The van der Waals surface area contributed by atoms with Gasteiger partial charge in [-0.3, -0.25) is 9.78 Å². The third-order valence-electron chi connectivity index (χ3n) is 2.18. The summed E-state index contributed by atoms with van der Waals surface area (Å²) in [6.07, 6.45) is 1.66. The van der Waals surface area contributed by atoms with Gasteiger partial charge in [0.25, 0.3) is 5.56 Å². The van der Waals surface area contributed by atoms with Crippen LogP contribution in [-0.2, 0) is 0 Å². The lowest BCUT2D eigenvalue weighted by Crippen LogP contribution is -2.15. The molecule has 1 N–H and O–H groups in total. The standard InChI is InChI=1S/C11H10FN3O/c1-6-3-4-8(13-5-6)10-14-7(2)9(12)11(16)15-10/h3-5H,1-2H3,(H,14,15,16). The summed E-state index contributed by atoms with van der Waals surface area (Å²) in [6.45, 7) is 3.35. The number of halogens is 1. The van der Waals surface area contributed by atoms with Gasteiger partial charge in [0.15, 0.2) is 5.82 Å². The molecule has 0 bridgehead atoms. The zero-order chi connectivity index (χ0) is 11.7. The van der Waals surface area contributed by atoms with Crippen LogP contribution in [0.2, 0.25) is 0 Å². The van der Waals surface area contributed by atoms with E-state index < -0.39 is 11.4 Å². The Hall–Kier alpha value is -2.04. The van der Waals surface area contributed by atoms with Crippen LogP contribution in [-0.4, -0.2) is 15.0 Å². The minimum atomic E-state index is -0.851. The van der Waals surface area contributed by atoms with Crippen molar-refractivity contribution >= 4 is 0 Å². The van der Waals surface area contributed by atoms with Gasteiger partial charge in [0.05, 0.1) is 5.69 Å². The van der Waals surface area contributed by atoms with Gasteiger partial charge in [-0.05, 0) is 25.5 Å². The van der Waals surface area contributed by atoms with Crippen molar-refractivity contribution in [3.05, 3.63) is 45.8 Å². The van der Waals surface area contributed by atoms with Crippen molar-refractivity contribution in [2.45, 2.75) is 13.8 Å². The number of hydrogen-bond acceptors (Lipinski definition) is 3. The Morgan fingerprint density at radius 3 is 2.62 bits per heavy atom. The first-order valence-corrected chi connectivity index (χ1v) is 4.77. The van der Waals surface area contributed by atoms with Crippen LogP contribution in [0.5, 0.6) is 0 Å². The molecule has 2 rings (SSSR count). The van der Waals surface area contributed by atoms with Crippen molar-refractivity contribution < 1.29 is 4.39 Å². The number of hydrogen-bond donors (Lipinski definition) is 1. The Morgan fingerprint density at radius 2 is 2.06 bits per heavy atom. The van der Waals surface area contributed by atoms with Crippen molar-refractivity contribution in [1.29, 1.82) is 0 Å². The maximum atomic E-state index is 13.1. The van der Waals surface area contributed by atoms with Crippen molar-refractivity contribution in [1.82, 2.24) is 15.0 Å². The monoisotopic (exact) mass is 219 g/mol. The van der Waals surface area contributed by atoms with Gasteiger partial charge in [-0.2, -0.15) is 4.39 Å². The van der Waals surface area contributed by atoms with E-state index in [1.165, 1.54) is 6.92 Å². The molecule has 0 spiro atoms. The summed E-state index contributed by atoms with van der Waals surface area (Å²) in [6, 6.07) is 3.58. The van der Waals surface area contributed by atoms with E-state index in [0.29, 0.717) is 5.69 Å². The molecule has 0 aliphatic rings. The molecule has 2 aromatic rings. The number of H-pyrrole nitrogens is 1. The van der Waals surface area contributed by atoms with Gasteiger partial charge in [0.1, 0.15) is 5.69 Å². The molecule has 4 nitrogen and oxygen atoms in total. The molecule has 0 unspecified atom stereocenters. The Morgan fingerprint density at radius 1 is 1.31 bits per heavy atom. The van der Waals surface area contributed by atoms with E-state index in [-0.39, 0.29) is 11.5 Å². The van der Waals surface area contributed by atoms with E-state index >= 15 is 0 Å². The van der Waals surface area contributed by atoms with E-state index in [1.807, 2.05) is 13.0 Å². The lowest BCUT2D eigenvalue weighted by molar-refractivity contribution is 0.589. The molecular formula is C11H10FN3O. The highest BCUT2D eigenvalue weighted by Gasteiger charge is 2.08. The van der Waals surface area contributed by atoms with Crippen molar-refractivity contribution in [2.24, 2.45) is 0 Å². The number of nitrogens with one attached hydrogen (secondary N) is 1. The molecular weight excluding hydrogens is 209 g/mol. The fraction of sp³-hybridized carbons (Fsp3) is 0.182. The normalized spacial score (nSPS) is 10.4. The molecule has 0 aliphatic heterocycles. The largest absolute Gasteiger partial charge is 0.303 e. The number of rotatable bonds is 1. The van der Waals surface area contributed by atoms with E-state index in [0.717, 1.165) is 5.56 Å². The molecule has 0 fully saturated rings. The highest BCUT2D eigenvalue weighted by molar-refractivity contribution is 5.48. The minimum absolute atomic E-state index is 0.0705. The van der Waals surface area contributed by atoms with E-state index in [4.69, 9.17) is 0 Å². The summed E-state index contributed by atoms with van der Waals surface area (Å²) in [5.41, 5.74) is 0.821. The first kappa shape index (κ1) is 10.5. The van der Waals surface area contributed by atoms with Crippen LogP contribution >= 0.6 is 0 Å². The molecule has 0 aliphatic carbocycles. The molecule has 0 saturated carbocycles. The third kappa shape index (κ3) is 1.84. The van der Waals surface area contributed by atoms with Crippen LogP contribution in [0.4, 0.5) is 4.39 Å². The summed E-state index contributed by atoms with van der Waals surface area (Å²) in [5, 5.41) is 0. The van der Waals surface area contributed by atoms with Gasteiger partial charge >= 0.3 is 0 Å². The highest BCUT2D eigenvalue weighted by atomic mass is 19.1. The second-order valence-electron chi connectivity index (χ2n) is 3.53. The number of nitrogens with zero attached hydrogens (tertiary/aromatic N) is 2. The molecule has 2 heterocycles. The molecule has 5 heteroatoms. The van der Waals surface area contributed by atoms with Gasteiger partial charge in [0.2, 0.25) is 5.82 Å². The zero-order valence-electron chi connectivity index (χ0n) is 8.91. The molecule has 0 aromatic carbocycles. The highest BCUT2D eigenvalue weighted by Crippen LogP contribution is 2.11. The number of pyridine rings is 1. The summed E-state index contributed by atoms with van der Waals surface area (Å²) in [4.78, 5) is 21.6. The smallest absolute Gasteiger partial charge is 0.287 e. The first-order valence-electron chi connectivity index (χ1n) is 4.77. The predicted octanol–water partition coefficient (Wildman–Crippen LogP) is 1.59. The van der Waals surface area contributed by atoms with Crippen LogP contribution in [0, 0.1) is 19.7 Å². The molecule has 0 saturated heterocycles. The lowest BCUT2D eigenvalue weighted by Gasteiger charge is -2.02. The molecule has 82 valence electrons. The Labute approximate surface area is 91.2 Å². The summed E-state index contributed by atoms with van der Waals surface area (Å²) in [5.74, 6) is -0.570. The predicted molar refractivity (Wildman–Crippen MR) is 57.5 cm³/mol. The molecule has 16 heavy (non-hydrogen) atoms. The van der Waals surface area contributed by atoms with Crippen molar-refractivity contribution in [3.8, 4) is 11.5 Å². The van der Waals surface area contributed by atoms with Crippen molar-refractivity contribution in [3.63, 3.8) is 0 Å². The first-order chi connectivity index (χ1) is 7.58. The number of aryl methyl sites for hydroxylation is 2. The number of aromatic amines is 1. The topological polar surface area (TPSA) is 58.6 Å². The molecule has 0 radical (unpaired) electrons. The second-order valence-corrected chi connectivity index (χ2v) is 3.53. The zero-order valence-corrected chi connectivity index (χ0v) is 8.91. The van der Waals surface area contributed by atoms with Crippen LogP contribution in [0.25, 0.3) is 11.5 Å². The summed E-state index contributed by atoms with van der Waals surface area (Å²) >= 11 is 0. The Bertz CT molecular complexity index is 575. The fourth-order valence-electron chi connectivity index (χ4n) is 1.30. The van der Waals surface area contributed by atoms with Crippen LogP contribution in [0.15, 0.2) is 23.1 Å². The van der Waals surface area contributed by atoms with Crippen LogP contribution in [0.3, 0.4) is 0 Å². The van der Waals surface area contributed by atoms with E-state index in [1.54, 1.807) is 12.3 Å². The molecule has 0 amide bonds. The van der Waals surface area contributed by atoms with E-state index in [9.17, 15) is 9.18 Å². The van der Waals surface area contributed by atoms with Crippen LogP contribution < -0.4 is 5.56 Å². The maximum Gasteiger partial charge on any atom is 0.287 e.